The number of hydrogen-bond acceptors (Lipinski definition) is 6. The van der Waals surface area contributed by atoms with E-state index in [0.29, 0.717) is 36.4 Å². The van der Waals surface area contributed by atoms with Crippen molar-refractivity contribution in [2.24, 2.45) is 0 Å². The summed E-state index contributed by atoms with van der Waals surface area (Å²) in [5.74, 6) is 0.883. The van der Waals surface area contributed by atoms with Gasteiger partial charge in [0.25, 0.3) is 0 Å². The molecule has 2 atom stereocenters. The Bertz CT molecular complexity index is 577. The Hall–Kier alpha value is -1.47. The van der Waals surface area contributed by atoms with Gasteiger partial charge in [0, 0.05) is 23.7 Å². The van der Waals surface area contributed by atoms with E-state index in [1.807, 2.05) is 17.0 Å². The van der Waals surface area contributed by atoms with Crippen LogP contribution in [-0.2, 0) is 6.54 Å². The highest BCUT2D eigenvalue weighted by molar-refractivity contribution is 6.30. The van der Waals surface area contributed by atoms with Crippen molar-refractivity contribution in [3.8, 4) is 11.5 Å². The first kappa shape index (κ1) is 13.5. The van der Waals surface area contributed by atoms with Crippen molar-refractivity contribution < 1.29 is 14.6 Å². The first-order valence-electron chi connectivity index (χ1n) is 6.28. The van der Waals surface area contributed by atoms with Crippen LogP contribution in [-0.4, -0.2) is 50.6 Å². The minimum absolute atomic E-state index is 0.403. The van der Waals surface area contributed by atoms with Crippen molar-refractivity contribution in [1.82, 2.24) is 15.1 Å². The minimum Gasteiger partial charge on any atom is -0.419 e. The van der Waals surface area contributed by atoms with Crippen LogP contribution < -0.4 is 0 Å². The highest BCUT2D eigenvalue weighted by Gasteiger charge is 2.30. The standard InChI is InChI=1S/C13H14ClN3O3/c14-9-3-1-8(2-4-9)13-16-15-12(20-13)7-17-5-10(18)11(19)6-17/h1-4,10-11,18-19H,5-7H2. The average molecular weight is 296 g/mol. The molecule has 6 nitrogen and oxygen atoms in total. The molecule has 1 saturated heterocycles. The van der Waals surface area contributed by atoms with Crippen molar-refractivity contribution in [1.29, 1.82) is 0 Å². The molecule has 1 fully saturated rings. The Balaban J connectivity index is 1.69. The summed E-state index contributed by atoms with van der Waals surface area (Å²) in [6.45, 7) is 1.22. The van der Waals surface area contributed by atoms with Crippen LogP contribution in [0.4, 0.5) is 0 Å². The molecular weight excluding hydrogens is 282 g/mol. The number of benzene rings is 1. The molecule has 2 heterocycles. The summed E-state index contributed by atoms with van der Waals surface area (Å²) in [5.41, 5.74) is 0.801. The van der Waals surface area contributed by atoms with E-state index in [1.54, 1.807) is 12.1 Å². The van der Waals surface area contributed by atoms with Gasteiger partial charge in [-0.05, 0) is 24.3 Å². The highest BCUT2D eigenvalue weighted by atomic mass is 35.5. The summed E-state index contributed by atoms with van der Waals surface area (Å²) >= 11 is 5.82. The van der Waals surface area contributed by atoms with Crippen molar-refractivity contribution in [2.75, 3.05) is 13.1 Å². The van der Waals surface area contributed by atoms with Crippen LogP contribution in [0.25, 0.3) is 11.5 Å². The van der Waals surface area contributed by atoms with E-state index in [0.717, 1.165) is 5.56 Å². The number of likely N-dealkylation sites (tertiary alicyclic amines) is 1. The van der Waals surface area contributed by atoms with Crippen LogP contribution in [0.15, 0.2) is 28.7 Å². The number of aromatic nitrogens is 2. The van der Waals surface area contributed by atoms with Crippen LogP contribution in [0.5, 0.6) is 0 Å². The predicted octanol–water partition coefficient (Wildman–Crippen LogP) is 0.927. The Labute approximate surface area is 120 Å². The number of aliphatic hydroxyl groups is 2. The van der Waals surface area contributed by atoms with Crippen LogP contribution in [0.1, 0.15) is 5.89 Å². The van der Waals surface area contributed by atoms with Gasteiger partial charge in [-0.25, -0.2) is 0 Å². The summed E-state index contributed by atoms with van der Waals surface area (Å²) in [6.07, 6.45) is -1.43. The second-order valence-electron chi connectivity index (χ2n) is 4.84. The maximum Gasteiger partial charge on any atom is 0.247 e. The molecule has 1 aliphatic rings. The number of β-amino-alcohol motifs (C(OH)–C–C–N with tert-alkyl or cyclic N) is 2. The molecule has 2 aromatic rings. The number of nitrogens with zero attached hydrogens (tertiary/aromatic N) is 3. The average Bonchev–Trinajstić information content (AvgIpc) is 2.99. The lowest BCUT2D eigenvalue weighted by Gasteiger charge is -2.10. The minimum atomic E-state index is -0.714. The van der Waals surface area contributed by atoms with Gasteiger partial charge in [0.1, 0.15) is 0 Å². The predicted molar refractivity (Wildman–Crippen MR) is 72.0 cm³/mol. The molecule has 1 aromatic carbocycles. The fourth-order valence-electron chi connectivity index (χ4n) is 2.19. The monoisotopic (exact) mass is 295 g/mol. The third kappa shape index (κ3) is 2.83. The van der Waals surface area contributed by atoms with E-state index in [2.05, 4.69) is 10.2 Å². The van der Waals surface area contributed by atoms with E-state index in [4.69, 9.17) is 16.0 Å². The topological polar surface area (TPSA) is 82.6 Å². The van der Waals surface area contributed by atoms with Gasteiger partial charge in [0.05, 0.1) is 18.8 Å². The maximum atomic E-state index is 9.48. The molecule has 2 unspecified atom stereocenters. The Kier molecular flexibility index (Phi) is 3.71. The van der Waals surface area contributed by atoms with Gasteiger partial charge >= 0.3 is 0 Å². The Morgan fingerprint density at radius 2 is 1.80 bits per heavy atom. The molecule has 0 spiro atoms. The molecular formula is C13H14ClN3O3. The van der Waals surface area contributed by atoms with Gasteiger partial charge in [-0.2, -0.15) is 0 Å². The molecule has 1 aliphatic heterocycles. The fourth-order valence-corrected chi connectivity index (χ4v) is 2.32. The number of rotatable bonds is 3. The van der Waals surface area contributed by atoms with E-state index in [9.17, 15) is 10.2 Å². The van der Waals surface area contributed by atoms with Gasteiger partial charge < -0.3 is 14.6 Å². The quantitative estimate of drug-likeness (QED) is 0.876. The molecule has 2 N–H and O–H groups in total. The zero-order valence-electron chi connectivity index (χ0n) is 10.6. The zero-order valence-corrected chi connectivity index (χ0v) is 11.4. The fraction of sp³-hybridized carbons (Fsp3) is 0.385. The first-order valence-corrected chi connectivity index (χ1v) is 6.66. The van der Waals surface area contributed by atoms with Gasteiger partial charge in [-0.15, -0.1) is 10.2 Å². The van der Waals surface area contributed by atoms with Gasteiger partial charge in [-0.3, -0.25) is 4.90 Å². The van der Waals surface area contributed by atoms with Crippen molar-refractivity contribution >= 4 is 11.6 Å². The smallest absolute Gasteiger partial charge is 0.247 e. The van der Waals surface area contributed by atoms with Gasteiger partial charge in [0.15, 0.2) is 0 Å². The molecule has 3 rings (SSSR count). The third-order valence-electron chi connectivity index (χ3n) is 3.25. The van der Waals surface area contributed by atoms with Gasteiger partial charge in [-0.1, -0.05) is 11.6 Å². The van der Waals surface area contributed by atoms with E-state index in [1.165, 1.54) is 0 Å². The normalized spacial score (nSPS) is 23.4. The summed E-state index contributed by atoms with van der Waals surface area (Å²) in [6, 6.07) is 7.13. The van der Waals surface area contributed by atoms with Crippen LogP contribution >= 0.6 is 11.6 Å². The van der Waals surface area contributed by atoms with E-state index >= 15 is 0 Å². The molecule has 106 valence electrons. The maximum absolute atomic E-state index is 9.48. The van der Waals surface area contributed by atoms with Crippen molar-refractivity contribution in [3.63, 3.8) is 0 Å². The SMILES string of the molecule is OC1CN(Cc2nnc(-c3ccc(Cl)cc3)o2)CC1O. The summed E-state index contributed by atoms with van der Waals surface area (Å²) in [7, 11) is 0. The molecule has 0 bridgehead atoms. The van der Waals surface area contributed by atoms with E-state index in [-0.39, 0.29) is 0 Å². The highest BCUT2D eigenvalue weighted by Crippen LogP contribution is 2.21. The lowest BCUT2D eigenvalue weighted by atomic mass is 10.2. The van der Waals surface area contributed by atoms with Crippen LogP contribution in [0.3, 0.4) is 0 Å². The Morgan fingerprint density at radius 3 is 2.45 bits per heavy atom. The summed E-state index contributed by atoms with van der Waals surface area (Å²) < 4.78 is 5.57. The molecule has 7 heteroatoms. The molecule has 0 amide bonds. The lowest BCUT2D eigenvalue weighted by Crippen LogP contribution is -2.22. The molecule has 0 saturated carbocycles. The second kappa shape index (κ2) is 5.49. The lowest BCUT2D eigenvalue weighted by molar-refractivity contribution is 0.0572. The van der Waals surface area contributed by atoms with Crippen LogP contribution in [0.2, 0.25) is 5.02 Å². The van der Waals surface area contributed by atoms with Crippen molar-refractivity contribution in [2.45, 2.75) is 18.8 Å². The summed E-state index contributed by atoms with van der Waals surface area (Å²) in [4.78, 5) is 1.87. The Morgan fingerprint density at radius 1 is 1.15 bits per heavy atom. The zero-order chi connectivity index (χ0) is 14.1. The number of halogens is 1. The first-order chi connectivity index (χ1) is 9.61. The van der Waals surface area contributed by atoms with Gasteiger partial charge in [0.2, 0.25) is 11.8 Å². The molecule has 0 aliphatic carbocycles. The summed E-state index contributed by atoms with van der Waals surface area (Å²) in [5, 5.41) is 27.6. The second-order valence-corrected chi connectivity index (χ2v) is 5.27. The number of hydrogen-bond donors (Lipinski definition) is 2. The molecule has 1 aromatic heterocycles. The third-order valence-corrected chi connectivity index (χ3v) is 3.50. The number of aliphatic hydroxyl groups excluding tert-OH is 2. The van der Waals surface area contributed by atoms with Crippen molar-refractivity contribution in [3.05, 3.63) is 35.2 Å². The molecule has 20 heavy (non-hydrogen) atoms. The van der Waals surface area contributed by atoms with Crippen LogP contribution in [0, 0.1) is 0 Å². The molecule has 0 radical (unpaired) electrons. The largest absolute Gasteiger partial charge is 0.419 e. The van der Waals surface area contributed by atoms with E-state index < -0.39 is 12.2 Å².